The number of benzene rings is 2. The number of nitrogens with zero attached hydrogens (tertiary/aromatic N) is 7. The van der Waals surface area contributed by atoms with E-state index in [9.17, 15) is 87.9 Å². The molecule has 3 aliphatic rings. The van der Waals surface area contributed by atoms with Gasteiger partial charge in [0.15, 0.2) is 6.61 Å². The lowest BCUT2D eigenvalue weighted by Crippen LogP contribution is -2.57. The number of rotatable bonds is 43. The van der Waals surface area contributed by atoms with Crippen molar-refractivity contribution >= 4 is 119 Å². The van der Waals surface area contributed by atoms with Crippen molar-refractivity contribution in [2.75, 3.05) is 89.3 Å². The summed E-state index contributed by atoms with van der Waals surface area (Å²) in [6.45, 7) is 4.66. The van der Waals surface area contributed by atoms with Crippen LogP contribution >= 0.6 is 35.3 Å². The quantitative estimate of drug-likeness (QED) is 0.0282. The van der Waals surface area contributed by atoms with Crippen LogP contribution in [0.4, 0.5) is 0 Å². The number of carbonyl (C=O) groups excluding carboxylic acids is 9. The fraction of sp³-hybridized carbons (Fsp3) is 0.569. The Kier molecular flexibility index (Phi) is 36.8. The Balaban J connectivity index is 1.19. The smallest absolute Gasteiger partial charge is 0.327 e. The number of aliphatic imine (C=N–C) groups is 1. The highest BCUT2D eigenvalue weighted by molar-refractivity contribution is 7.99. The van der Waals surface area contributed by atoms with Gasteiger partial charge in [0.25, 0.3) is 5.91 Å². The Morgan fingerprint density at radius 1 is 0.645 bits per heavy atom. The van der Waals surface area contributed by atoms with Gasteiger partial charge in [-0.05, 0) is 79.8 Å². The van der Waals surface area contributed by atoms with Crippen molar-refractivity contribution in [1.82, 2.24) is 50.8 Å². The third-order valence-corrected chi connectivity index (χ3v) is 21.4. The molecule has 8 atom stereocenters. The first-order valence-corrected chi connectivity index (χ1v) is 39.2. The van der Waals surface area contributed by atoms with E-state index >= 15 is 0 Å². The summed E-state index contributed by atoms with van der Waals surface area (Å²) in [5.41, 5.74) is 14.8. The number of hydrogen-bond donors (Lipinski definition) is 11. The number of hydrogen-bond acceptors (Lipinski definition) is 22. The number of carbonyl (C=O) groups is 13. The number of aromatic nitrogens is 1. The molecule has 0 radical (unpaired) electrons. The Morgan fingerprint density at radius 2 is 1.21 bits per heavy atom. The van der Waals surface area contributed by atoms with E-state index in [-0.39, 0.29) is 132 Å². The minimum Gasteiger partial charge on any atom is -0.482 e. The fourth-order valence-electron chi connectivity index (χ4n) is 12.3. The molecule has 35 heteroatoms. The number of nitrogens with two attached hydrogens (primary N) is 2. The van der Waals surface area contributed by atoms with Gasteiger partial charge in [-0.25, -0.2) is 9.79 Å². The molecule has 586 valence electrons. The molecule has 0 saturated carbocycles. The number of carboxylic acids is 4. The van der Waals surface area contributed by atoms with Crippen LogP contribution in [0.1, 0.15) is 119 Å². The van der Waals surface area contributed by atoms with E-state index < -0.39 is 127 Å². The number of aliphatic hydroxyl groups is 1. The second kappa shape index (κ2) is 45.2. The van der Waals surface area contributed by atoms with Gasteiger partial charge in [-0.15, -0.1) is 0 Å². The van der Waals surface area contributed by atoms with Gasteiger partial charge >= 0.3 is 23.9 Å². The first kappa shape index (κ1) is 87.2. The summed E-state index contributed by atoms with van der Waals surface area (Å²) in [5.74, 6) is -10.5. The third-order valence-electron chi connectivity index (χ3n) is 18.1. The molecular formula is C72H101N13O19S3. The SMILES string of the molecule is CCCCCC(=O)/N=C/C(CSCc1cc(CSCCNC(=O)COc2ccc3nc2CN(CC(=O)O)CCN(CC(=O)O)CCN(CC(=O)O)C3)cc(CSCC(NC(=O)[C@H](Cc2ccccc2)NC(=O)[C@H](CCC(N)=O)NC(=O)[C@@H](C)[C@@H](C)O)C(=O)O)c1)C(=O)N1CCC[C@H]1C(=O)N1CCC[C@H]1C(N)=O. The monoisotopic (exact) mass is 1550 g/mol. The maximum atomic E-state index is 14.7. The zero-order chi connectivity index (χ0) is 78.1. The molecule has 4 heterocycles. The lowest BCUT2D eigenvalue weighted by atomic mass is 10.0. The predicted octanol–water partition coefficient (Wildman–Crippen LogP) is 1.48. The number of unbranched alkanes of at least 4 members (excludes halogenated alkanes) is 2. The van der Waals surface area contributed by atoms with Crippen molar-refractivity contribution in [2.24, 2.45) is 28.3 Å². The van der Waals surface area contributed by atoms with Crippen LogP contribution in [0.2, 0.25) is 0 Å². The van der Waals surface area contributed by atoms with Gasteiger partial charge in [0, 0.05) is 119 Å². The number of pyridine rings is 1. The van der Waals surface area contributed by atoms with Gasteiger partial charge in [-0.1, -0.05) is 75.2 Å². The van der Waals surface area contributed by atoms with Gasteiger partial charge in [0.1, 0.15) is 36.0 Å². The minimum absolute atomic E-state index is 0.0607. The Bertz CT molecular complexity index is 3600. The fourth-order valence-corrected chi connectivity index (χ4v) is 15.1. The van der Waals surface area contributed by atoms with Gasteiger partial charge in [0.2, 0.25) is 47.3 Å². The highest BCUT2D eigenvalue weighted by atomic mass is 32.2. The molecule has 2 unspecified atom stereocenters. The molecule has 2 aromatic carbocycles. The zero-order valence-electron chi connectivity index (χ0n) is 60.6. The van der Waals surface area contributed by atoms with Crippen LogP contribution in [0, 0.1) is 11.8 Å². The maximum Gasteiger partial charge on any atom is 0.327 e. The molecule has 9 amide bonds. The summed E-state index contributed by atoms with van der Waals surface area (Å²) in [6, 6.07) is 11.7. The van der Waals surface area contributed by atoms with Crippen molar-refractivity contribution in [2.45, 2.75) is 158 Å². The van der Waals surface area contributed by atoms with Crippen LogP contribution in [-0.4, -0.2) is 264 Å². The van der Waals surface area contributed by atoms with E-state index in [2.05, 4.69) is 26.3 Å². The van der Waals surface area contributed by atoms with Gasteiger partial charge in [0.05, 0.1) is 49.0 Å². The molecule has 6 rings (SSSR count). The maximum absolute atomic E-state index is 14.7. The molecule has 0 aliphatic carbocycles. The van der Waals surface area contributed by atoms with Crippen LogP contribution in [0.15, 0.2) is 65.7 Å². The second-order valence-corrected chi connectivity index (χ2v) is 29.9. The second-order valence-electron chi connectivity index (χ2n) is 26.8. The number of amides is 9. The summed E-state index contributed by atoms with van der Waals surface area (Å²) in [5, 5.41) is 60.3. The lowest BCUT2D eigenvalue weighted by molar-refractivity contribution is -0.146. The van der Waals surface area contributed by atoms with E-state index in [1.165, 1.54) is 65.1 Å². The van der Waals surface area contributed by atoms with Crippen molar-refractivity contribution in [1.29, 1.82) is 0 Å². The summed E-state index contributed by atoms with van der Waals surface area (Å²) in [4.78, 5) is 186. The number of aliphatic hydroxyl groups excluding tert-OH is 1. The van der Waals surface area contributed by atoms with Crippen molar-refractivity contribution < 1.29 is 92.6 Å². The number of likely N-dealkylation sites (tertiary alicyclic amines) is 2. The van der Waals surface area contributed by atoms with Crippen LogP contribution in [0.25, 0.3) is 0 Å². The van der Waals surface area contributed by atoms with Crippen LogP contribution in [0.5, 0.6) is 5.75 Å². The number of thioether (sulfide) groups is 3. The number of nitrogens with one attached hydrogen (secondary N) is 4. The van der Waals surface area contributed by atoms with Gasteiger partial charge in [-0.2, -0.15) is 35.3 Å². The van der Waals surface area contributed by atoms with Crippen molar-refractivity contribution in [3.05, 3.63) is 94.3 Å². The number of ether oxygens (including phenoxy) is 1. The van der Waals surface area contributed by atoms with E-state index in [0.717, 1.165) is 29.5 Å². The molecule has 2 fully saturated rings. The van der Waals surface area contributed by atoms with E-state index in [1.54, 1.807) is 57.2 Å². The van der Waals surface area contributed by atoms with Crippen LogP contribution in [0.3, 0.4) is 0 Å². The average molecular weight is 1550 g/mol. The molecular weight excluding hydrogens is 1450 g/mol. The Labute approximate surface area is 634 Å². The summed E-state index contributed by atoms with van der Waals surface area (Å²) in [6.07, 6.45) is 4.02. The molecule has 3 aliphatic heterocycles. The molecule has 2 saturated heterocycles. The van der Waals surface area contributed by atoms with Crippen LogP contribution < -0.4 is 37.5 Å². The molecule has 3 aromatic rings. The molecule has 13 N–H and O–H groups in total. The normalized spacial score (nSPS) is 17.6. The standard InChI is InChI=1S/C72H101N13O19S3/c1-4-5-7-16-61(88)76-33-51(70(100)85-23-11-15-58(85)71(101)84-22-10-14-57(84)66(74)96)43-106-41-49-29-48(40-105-28-21-75-62(89)39-104-59-19-17-52-34-82(37-64(92)93)26-24-81(36-63(90)91)25-27-83(38-65(94)95)35-55(59)77-52)30-50(31-49)42-107-44-56(72(102)103)80-69(99)54(32-47-12-8-6-9-13-47)79-68(98)53(18-20-60(73)87)78-67(97)45(2)46(3)86/h6,8-9,12-13,17,19,29-31,33,45-46,51,53-54,56-58,86H,4-5,7,10-11,14-16,18,20-28,32,34-44H2,1-3H3,(H2,73,87)(H2,74,96)(H,75,89)(H,78,97)(H,79,98)(H,80,99)(H,90,91)(H,92,93)(H,94,95)(H,102,103)/b76-33+/t45-,46+,51?,53-,54-,56?,57-,58-/m0/s1. The summed E-state index contributed by atoms with van der Waals surface area (Å²) >= 11 is 4.06. The molecule has 2 bridgehead atoms. The minimum atomic E-state index is -1.50. The highest BCUT2D eigenvalue weighted by Crippen LogP contribution is 2.30. The topological polar surface area (TPSA) is 474 Å². The first-order valence-electron chi connectivity index (χ1n) is 35.7. The van der Waals surface area contributed by atoms with Gasteiger partial charge < -0.3 is 72.8 Å². The highest BCUT2D eigenvalue weighted by Gasteiger charge is 2.43. The van der Waals surface area contributed by atoms with Gasteiger partial charge in [-0.3, -0.25) is 77.2 Å². The predicted molar refractivity (Wildman–Crippen MR) is 400 cm³/mol. The summed E-state index contributed by atoms with van der Waals surface area (Å²) in [7, 11) is 0. The van der Waals surface area contributed by atoms with E-state index in [4.69, 9.17) is 21.2 Å². The molecule has 32 nitrogen and oxygen atoms in total. The first-order chi connectivity index (χ1) is 51.1. The van der Waals surface area contributed by atoms with E-state index in [1.807, 2.05) is 25.1 Å². The zero-order valence-corrected chi connectivity index (χ0v) is 63.1. The Morgan fingerprint density at radius 3 is 1.82 bits per heavy atom. The summed E-state index contributed by atoms with van der Waals surface area (Å²) < 4.78 is 5.99. The number of carboxylic acid groups (broad SMARTS) is 4. The lowest BCUT2D eigenvalue weighted by Gasteiger charge is -2.31. The molecule has 1 aromatic heterocycles. The number of fused-ring (bicyclic) bond motifs is 2. The number of aliphatic carboxylic acids is 4. The molecule has 107 heavy (non-hydrogen) atoms. The Hall–Kier alpha value is -8.74. The average Bonchev–Trinajstić information content (AvgIpc) is 1.73. The molecule has 0 spiro atoms. The largest absolute Gasteiger partial charge is 0.482 e. The van der Waals surface area contributed by atoms with E-state index in [0.29, 0.717) is 67.2 Å². The van der Waals surface area contributed by atoms with Crippen molar-refractivity contribution in [3.63, 3.8) is 0 Å². The van der Waals surface area contributed by atoms with Crippen molar-refractivity contribution in [3.8, 4) is 5.75 Å². The third kappa shape index (κ3) is 30.4. The van der Waals surface area contributed by atoms with Crippen LogP contribution in [-0.2, 0) is 99.1 Å². The number of primary amides is 2.